The van der Waals surface area contributed by atoms with Crippen molar-refractivity contribution >= 4 is 31.4 Å². The molecule has 2 aromatic rings. The molecule has 1 aromatic heterocycles. The third-order valence-electron chi connectivity index (χ3n) is 3.74. The molecule has 0 unspecified atom stereocenters. The van der Waals surface area contributed by atoms with Crippen LogP contribution in [0, 0.1) is 6.92 Å². The van der Waals surface area contributed by atoms with Gasteiger partial charge in [0.2, 0.25) is 0 Å². The van der Waals surface area contributed by atoms with Crippen molar-refractivity contribution in [2.45, 2.75) is 44.0 Å². The molecule has 2 rings (SSSR count). The maximum Gasteiger partial charge on any atom is 0.416 e. The van der Waals surface area contributed by atoms with Crippen LogP contribution in [0.25, 0.3) is 10.1 Å². The van der Waals surface area contributed by atoms with Gasteiger partial charge in [-0.3, -0.25) is 0 Å². The van der Waals surface area contributed by atoms with Gasteiger partial charge in [0.05, 0.1) is 5.56 Å². The molecule has 0 saturated carbocycles. The maximum atomic E-state index is 12.9. The molecular weight excluding hydrogens is 359 g/mol. The van der Waals surface area contributed by atoms with E-state index >= 15 is 0 Å². The fourth-order valence-corrected chi connectivity index (χ4v) is 6.09. The lowest BCUT2D eigenvalue weighted by Crippen LogP contribution is -2.32. The Morgan fingerprint density at radius 1 is 1.12 bits per heavy atom. The fraction of sp³-hybridized carbons (Fsp3) is 0.500. The van der Waals surface area contributed by atoms with Gasteiger partial charge in [-0.2, -0.15) is 17.5 Å². The first-order chi connectivity index (χ1) is 11.1. The Balaban J connectivity index is 2.58. The Morgan fingerprint density at radius 3 is 2.21 bits per heavy atom. The molecule has 0 aliphatic rings. The average Bonchev–Trinajstić information content (AvgIpc) is 2.83. The zero-order chi connectivity index (χ0) is 18.1. The van der Waals surface area contributed by atoms with Gasteiger partial charge in [-0.1, -0.05) is 13.8 Å². The van der Waals surface area contributed by atoms with Gasteiger partial charge in [0.15, 0.2) is 0 Å². The number of thiophene rings is 1. The predicted molar refractivity (Wildman–Crippen MR) is 90.9 cm³/mol. The topological polar surface area (TPSA) is 37.4 Å². The first-order valence-electron chi connectivity index (χ1n) is 7.73. The third kappa shape index (κ3) is 3.60. The minimum Gasteiger partial charge on any atom is -0.206 e. The van der Waals surface area contributed by atoms with Gasteiger partial charge in [-0.25, -0.2) is 8.42 Å². The molecule has 0 aliphatic carbocycles. The minimum atomic E-state index is -4.45. The van der Waals surface area contributed by atoms with Crippen LogP contribution in [0.15, 0.2) is 22.4 Å². The number of rotatable bonds is 6. The predicted octanol–water partition coefficient (Wildman–Crippen LogP) is 5.04. The first kappa shape index (κ1) is 19.2. The summed E-state index contributed by atoms with van der Waals surface area (Å²) >= 11 is 1.03. The van der Waals surface area contributed by atoms with E-state index in [1.807, 2.05) is 13.8 Å². The summed E-state index contributed by atoms with van der Waals surface area (Å²) in [6.07, 6.45) is -3.08. The lowest BCUT2D eigenvalue weighted by molar-refractivity contribution is -0.137. The van der Waals surface area contributed by atoms with Gasteiger partial charge < -0.3 is 0 Å². The summed E-state index contributed by atoms with van der Waals surface area (Å²) in [5.74, 6) is 0. The summed E-state index contributed by atoms with van der Waals surface area (Å²) in [6, 6.07) is 3.37. The molecule has 0 spiro atoms. The van der Waals surface area contributed by atoms with Gasteiger partial charge in [-0.05, 0) is 48.9 Å². The molecule has 0 radical (unpaired) electrons. The Hall–Kier alpha value is -1.12. The number of alkyl halides is 3. The molecule has 0 amide bonds. The van der Waals surface area contributed by atoms with Gasteiger partial charge in [-0.15, -0.1) is 11.3 Å². The van der Waals surface area contributed by atoms with E-state index in [1.165, 1.54) is 10.4 Å². The second-order valence-corrected chi connectivity index (χ2v) is 8.81. The minimum absolute atomic E-state index is 0.138. The second-order valence-electron chi connectivity index (χ2n) is 5.63. The van der Waals surface area contributed by atoms with Crippen LogP contribution in [0.3, 0.4) is 0 Å². The highest BCUT2D eigenvalue weighted by molar-refractivity contribution is 7.91. The van der Waals surface area contributed by atoms with E-state index in [0.29, 0.717) is 41.6 Å². The summed E-state index contributed by atoms with van der Waals surface area (Å²) in [4.78, 5) is 0. The van der Waals surface area contributed by atoms with Crippen LogP contribution in [0.1, 0.15) is 37.8 Å². The van der Waals surface area contributed by atoms with E-state index in [1.54, 1.807) is 6.92 Å². The summed E-state index contributed by atoms with van der Waals surface area (Å²) in [5.41, 5.74) is -0.378. The lowest BCUT2D eigenvalue weighted by Gasteiger charge is -2.20. The van der Waals surface area contributed by atoms with Crippen molar-refractivity contribution in [3.8, 4) is 0 Å². The van der Waals surface area contributed by atoms with Crippen molar-refractivity contribution < 1.29 is 21.6 Å². The molecule has 0 N–H and O–H groups in total. The molecule has 8 heteroatoms. The monoisotopic (exact) mass is 379 g/mol. The van der Waals surface area contributed by atoms with Crippen LogP contribution in [0.4, 0.5) is 13.2 Å². The maximum absolute atomic E-state index is 12.9. The highest BCUT2D eigenvalue weighted by atomic mass is 32.2. The van der Waals surface area contributed by atoms with Crippen LogP contribution in [-0.4, -0.2) is 25.8 Å². The lowest BCUT2D eigenvalue weighted by atomic mass is 10.1. The zero-order valence-electron chi connectivity index (χ0n) is 13.8. The number of benzene rings is 1. The van der Waals surface area contributed by atoms with Crippen LogP contribution in [-0.2, 0) is 16.2 Å². The number of hydrogen-bond donors (Lipinski definition) is 0. The average molecular weight is 379 g/mol. The number of fused-ring (bicyclic) bond motifs is 1. The molecule has 134 valence electrons. The smallest absolute Gasteiger partial charge is 0.206 e. The van der Waals surface area contributed by atoms with Gasteiger partial charge >= 0.3 is 6.18 Å². The number of nitrogens with zero attached hydrogens (tertiary/aromatic N) is 1. The SMILES string of the molecule is CCCN(CCC)S(=O)(=O)c1sc2ccc(C(F)(F)F)cc2c1C. The quantitative estimate of drug-likeness (QED) is 0.705. The first-order valence-corrected chi connectivity index (χ1v) is 9.99. The number of aryl methyl sites for hydroxylation is 1. The summed E-state index contributed by atoms with van der Waals surface area (Å²) in [5, 5.41) is 0.348. The third-order valence-corrected chi connectivity index (χ3v) is 7.51. The summed E-state index contributed by atoms with van der Waals surface area (Å²) in [6.45, 7) is 6.16. The molecule has 0 fully saturated rings. The van der Waals surface area contributed by atoms with E-state index in [2.05, 4.69) is 0 Å². The summed E-state index contributed by atoms with van der Waals surface area (Å²) in [7, 11) is -3.70. The molecular formula is C16H20F3NO2S2. The molecule has 0 bridgehead atoms. The molecule has 1 aromatic carbocycles. The van der Waals surface area contributed by atoms with Crippen LogP contribution in [0.5, 0.6) is 0 Å². The van der Waals surface area contributed by atoms with Crippen LogP contribution < -0.4 is 0 Å². The Labute approximate surface area is 144 Å². The van der Waals surface area contributed by atoms with Crippen molar-refractivity contribution in [3.63, 3.8) is 0 Å². The van der Waals surface area contributed by atoms with Crippen molar-refractivity contribution in [1.29, 1.82) is 0 Å². The fourth-order valence-electron chi connectivity index (χ4n) is 2.59. The standard InChI is InChI=1S/C16H20F3NO2S2/c1-4-8-20(9-5-2)24(21,22)15-11(3)13-10-12(16(17,18)19)6-7-14(13)23-15/h6-7,10H,4-5,8-9H2,1-3H3. The van der Waals surface area contributed by atoms with E-state index < -0.39 is 21.8 Å². The van der Waals surface area contributed by atoms with Crippen molar-refractivity contribution in [3.05, 3.63) is 29.3 Å². The Kier molecular flexibility index (Phi) is 5.61. The second kappa shape index (κ2) is 7.01. The van der Waals surface area contributed by atoms with Crippen molar-refractivity contribution in [2.24, 2.45) is 0 Å². The zero-order valence-corrected chi connectivity index (χ0v) is 15.4. The van der Waals surface area contributed by atoms with Gasteiger partial charge in [0, 0.05) is 17.8 Å². The molecule has 3 nitrogen and oxygen atoms in total. The van der Waals surface area contributed by atoms with Gasteiger partial charge in [0.25, 0.3) is 10.0 Å². The molecule has 24 heavy (non-hydrogen) atoms. The molecule has 0 saturated heterocycles. The molecule has 0 atom stereocenters. The van der Waals surface area contributed by atoms with E-state index in [-0.39, 0.29) is 4.21 Å². The highest BCUT2D eigenvalue weighted by Crippen LogP contribution is 2.39. The van der Waals surface area contributed by atoms with E-state index in [4.69, 9.17) is 0 Å². The van der Waals surface area contributed by atoms with Crippen molar-refractivity contribution in [1.82, 2.24) is 4.31 Å². The normalized spacial score (nSPS) is 13.1. The highest BCUT2D eigenvalue weighted by Gasteiger charge is 2.32. The van der Waals surface area contributed by atoms with Gasteiger partial charge in [0.1, 0.15) is 4.21 Å². The Morgan fingerprint density at radius 2 is 1.71 bits per heavy atom. The Bertz CT molecular complexity index is 820. The molecule has 1 heterocycles. The number of hydrogen-bond acceptors (Lipinski definition) is 3. The summed E-state index contributed by atoms with van der Waals surface area (Å²) < 4.78 is 66.6. The largest absolute Gasteiger partial charge is 0.416 e. The van der Waals surface area contributed by atoms with Crippen LogP contribution in [0.2, 0.25) is 0 Å². The van der Waals surface area contributed by atoms with E-state index in [9.17, 15) is 21.6 Å². The van der Waals surface area contributed by atoms with Crippen LogP contribution >= 0.6 is 11.3 Å². The molecule has 0 aliphatic heterocycles. The number of sulfonamides is 1. The number of halogens is 3. The van der Waals surface area contributed by atoms with E-state index in [0.717, 1.165) is 23.5 Å². The van der Waals surface area contributed by atoms with Crippen molar-refractivity contribution in [2.75, 3.05) is 13.1 Å².